The molecular weight excluding hydrogens is 266 g/mol. The molecule has 0 aliphatic carbocycles. The summed E-state index contributed by atoms with van der Waals surface area (Å²) in [5, 5.41) is 0.969. The number of halogens is 1. The highest BCUT2D eigenvalue weighted by molar-refractivity contribution is 6.01. The van der Waals surface area contributed by atoms with Crippen LogP contribution < -0.4 is 16.2 Å². The molecule has 0 unspecified atom stereocenters. The summed E-state index contributed by atoms with van der Waals surface area (Å²) in [7, 11) is 3.44. The molecule has 19 heavy (non-hydrogen) atoms. The average molecular weight is 284 g/mol. The van der Waals surface area contributed by atoms with E-state index in [1.807, 2.05) is 29.8 Å². The monoisotopic (exact) mass is 283 g/mol. The van der Waals surface area contributed by atoms with Crippen LogP contribution in [0.4, 0.5) is 0 Å². The van der Waals surface area contributed by atoms with Gasteiger partial charge in [0.15, 0.2) is 0 Å². The predicted octanol–water partition coefficient (Wildman–Crippen LogP) is 1.21. The van der Waals surface area contributed by atoms with E-state index in [-0.39, 0.29) is 12.4 Å². The van der Waals surface area contributed by atoms with Gasteiger partial charge < -0.3 is 20.8 Å². The van der Waals surface area contributed by atoms with Crippen molar-refractivity contribution in [1.82, 2.24) is 4.57 Å². The molecule has 104 valence electrons. The molecule has 0 saturated heterocycles. The number of nitrogens with two attached hydrogens (primary N) is 2. The summed E-state index contributed by atoms with van der Waals surface area (Å²) in [5.74, 6) is 0.318. The Kier molecular flexibility index (Phi) is 4.80. The maximum Gasteiger partial charge on any atom is 0.265 e. The van der Waals surface area contributed by atoms with Gasteiger partial charge in [-0.3, -0.25) is 4.79 Å². The van der Waals surface area contributed by atoms with Crippen LogP contribution in [0.25, 0.3) is 10.9 Å². The number of primary amides is 1. The Balaban J connectivity index is 0.00000180. The quantitative estimate of drug-likeness (QED) is 0.885. The van der Waals surface area contributed by atoms with Crippen LogP contribution in [0.5, 0.6) is 5.75 Å². The van der Waals surface area contributed by atoms with Crippen LogP contribution in [0.2, 0.25) is 0 Å². The Morgan fingerprint density at radius 1 is 1.42 bits per heavy atom. The molecule has 1 aromatic heterocycles. The third kappa shape index (κ3) is 2.52. The molecule has 1 aromatic carbocycles. The number of fused-ring (bicyclic) bond motifs is 1. The lowest BCUT2D eigenvalue weighted by Crippen LogP contribution is -2.18. The number of hydrogen-bond acceptors (Lipinski definition) is 3. The van der Waals surface area contributed by atoms with E-state index in [0.717, 1.165) is 22.2 Å². The minimum atomic E-state index is -0.434. The molecule has 0 atom stereocenters. The fourth-order valence-corrected chi connectivity index (χ4v) is 2.34. The van der Waals surface area contributed by atoms with Gasteiger partial charge in [0.2, 0.25) is 0 Å². The molecule has 2 aromatic rings. The third-order valence-corrected chi connectivity index (χ3v) is 3.14. The topological polar surface area (TPSA) is 83.3 Å². The Hall–Kier alpha value is -1.72. The molecule has 0 bridgehead atoms. The Labute approximate surface area is 117 Å². The van der Waals surface area contributed by atoms with Gasteiger partial charge in [0.25, 0.3) is 5.91 Å². The highest BCUT2D eigenvalue weighted by Crippen LogP contribution is 2.29. The summed E-state index contributed by atoms with van der Waals surface area (Å²) < 4.78 is 7.02. The first-order chi connectivity index (χ1) is 8.60. The standard InChI is InChI=1S/C13H17N3O2.ClH/c1-16-11-4-3-8(18-2)7-10(11)9(5-6-14)12(16)13(15)17;/h3-4,7H,5-6,14H2,1-2H3,(H2,15,17);1H. The SMILES string of the molecule is COc1ccc2c(c1)c(CCN)c(C(N)=O)n2C.Cl. The zero-order valence-corrected chi connectivity index (χ0v) is 11.8. The minimum Gasteiger partial charge on any atom is -0.497 e. The van der Waals surface area contributed by atoms with Gasteiger partial charge in [-0.2, -0.15) is 0 Å². The van der Waals surface area contributed by atoms with Crippen molar-refractivity contribution in [3.63, 3.8) is 0 Å². The van der Waals surface area contributed by atoms with Gasteiger partial charge >= 0.3 is 0 Å². The van der Waals surface area contributed by atoms with Gasteiger partial charge in [-0.05, 0) is 36.7 Å². The van der Waals surface area contributed by atoms with Crippen molar-refractivity contribution in [1.29, 1.82) is 0 Å². The van der Waals surface area contributed by atoms with Gasteiger partial charge in [-0.25, -0.2) is 0 Å². The maximum atomic E-state index is 11.6. The number of rotatable bonds is 4. The molecule has 0 fully saturated rings. The van der Waals surface area contributed by atoms with E-state index < -0.39 is 5.91 Å². The molecular formula is C13H18ClN3O2. The van der Waals surface area contributed by atoms with Crippen LogP contribution in [0.1, 0.15) is 16.1 Å². The molecule has 6 heteroatoms. The van der Waals surface area contributed by atoms with Crippen molar-refractivity contribution in [3.05, 3.63) is 29.5 Å². The largest absolute Gasteiger partial charge is 0.497 e. The van der Waals surface area contributed by atoms with E-state index in [9.17, 15) is 4.79 Å². The molecule has 0 aliphatic rings. The Morgan fingerprint density at radius 2 is 2.11 bits per heavy atom. The van der Waals surface area contributed by atoms with Gasteiger partial charge in [0, 0.05) is 18.0 Å². The Bertz CT molecular complexity index is 607. The number of aromatic nitrogens is 1. The predicted molar refractivity (Wildman–Crippen MR) is 78.0 cm³/mol. The van der Waals surface area contributed by atoms with Crippen molar-refractivity contribution in [2.45, 2.75) is 6.42 Å². The lowest BCUT2D eigenvalue weighted by atomic mass is 10.1. The number of carbonyl (C=O) groups is 1. The lowest BCUT2D eigenvalue weighted by molar-refractivity contribution is 0.0992. The van der Waals surface area contributed by atoms with Crippen molar-refractivity contribution in [3.8, 4) is 5.75 Å². The van der Waals surface area contributed by atoms with Crippen molar-refractivity contribution < 1.29 is 9.53 Å². The smallest absolute Gasteiger partial charge is 0.265 e. The maximum absolute atomic E-state index is 11.6. The molecule has 0 spiro atoms. The second-order valence-corrected chi connectivity index (χ2v) is 4.17. The molecule has 5 nitrogen and oxygen atoms in total. The molecule has 0 radical (unpaired) electrons. The van der Waals surface area contributed by atoms with E-state index in [1.165, 1.54) is 0 Å². The minimum absolute atomic E-state index is 0. The molecule has 4 N–H and O–H groups in total. The number of aryl methyl sites for hydroxylation is 1. The van der Waals surface area contributed by atoms with Crippen LogP contribution in [0.15, 0.2) is 18.2 Å². The molecule has 0 aliphatic heterocycles. The second-order valence-electron chi connectivity index (χ2n) is 4.17. The first-order valence-electron chi connectivity index (χ1n) is 5.75. The number of amides is 1. The van der Waals surface area contributed by atoms with Gasteiger partial charge in [0.05, 0.1) is 7.11 Å². The van der Waals surface area contributed by atoms with Crippen molar-refractivity contribution in [2.75, 3.05) is 13.7 Å². The number of nitrogens with zero attached hydrogens (tertiary/aromatic N) is 1. The fraction of sp³-hybridized carbons (Fsp3) is 0.308. The van der Waals surface area contributed by atoms with Crippen molar-refractivity contribution in [2.24, 2.45) is 18.5 Å². The van der Waals surface area contributed by atoms with E-state index in [1.54, 1.807) is 7.11 Å². The van der Waals surface area contributed by atoms with Crippen molar-refractivity contribution >= 4 is 29.2 Å². The molecule has 0 saturated carbocycles. The fourth-order valence-electron chi connectivity index (χ4n) is 2.34. The van der Waals surface area contributed by atoms with E-state index in [0.29, 0.717) is 18.7 Å². The second kappa shape index (κ2) is 5.95. The van der Waals surface area contributed by atoms with Gasteiger partial charge in [-0.15, -0.1) is 12.4 Å². The van der Waals surface area contributed by atoms with E-state index in [2.05, 4.69) is 0 Å². The molecule has 2 rings (SSSR count). The highest BCUT2D eigenvalue weighted by atomic mass is 35.5. The first kappa shape index (κ1) is 15.3. The third-order valence-electron chi connectivity index (χ3n) is 3.14. The van der Waals surface area contributed by atoms with E-state index >= 15 is 0 Å². The van der Waals surface area contributed by atoms with Crippen LogP contribution in [-0.2, 0) is 13.5 Å². The summed E-state index contributed by atoms with van der Waals surface area (Å²) in [6.07, 6.45) is 0.614. The van der Waals surface area contributed by atoms with E-state index in [4.69, 9.17) is 16.2 Å². The van der Waals surface area contributed by atoms with Crippen LogP contribution >= 0.6 is 12.4 Å². The summed E-state index contributed by atoms with van der Waals surface area (Å²) in [5.41, 5.74) is 13.4. The molecule has 1 amide bonds. The van der Waals surface area contributed by atoms with Crippen LogP contribution in [-0.4, -0.2) is 24.1 Å². The molecule has 1 heterocycles. The lowest BCUT2D eigenvalue weighted by Gasteiger charge is -2.02. The number of ether oxygens (including phenoxy) is 1. The highest BCUT2D eigenvalue weighted by Gasteiger charge is 2.18. The normalized spacial score (nSPS) is 10.3. The summed E-state index contributed by atoms with van der Waals surface area (Å²) in [6, 6.07) is 5.69. The average Bonchev–Trinajstić information content (AvgIpc) is 2.63. The number of benzene rings is 1. The zero-order valence-electron chi connectivity index (χ0n) is 11.0. The van der Waals surface area contributed by atoms with Gasteiger partial charge in [0.1, 0.15) is 11.4 Å². The van der Waals surface area contributed by atoms with Gasteiger partial charge in [-0.1, -0.05) is 0 Å². The Morgan fingerprint density at radius 3 is 2.63 bits per heavy atom. The first-order valence-corrected chi connectivity index (χ1v) is 5.75. The summed E-state index contributed by atoms with van der Waals surface area (Å²) in [6.45, 7) is 0.469. The summed E-state index contributed by atoms with van der Waals surface area (Å²) in [4.78, 5) is 11.6. The van der Waals surface area contributed by atoms with Crippen LogP contribution in [0.3, 0.4) is 0 Å². The zero-order chi connectivity index (χ0) is 13.3. The summed E-state index contributed by atoms with van der Waals surface area (Å²) >= 11 is 0. The number of methoxy groups -OCH3 is 1. The number of hydrogen-bond donors (Lipinski definition) is 2. The number of carbonyl (C=O) groups excluding carboxylic acids is 1. The van der Waals surface area contributed by atoms with Crippen LogP contribution in [0, 0.1) is 0 Å².